The van der Waals surface area contributed by atoms with Gasteiger partial charge in [0, 0.05) is 26.7 Å². The molecule has 4 nitrogen and oxygen atoms in total. The molecule has 1 amide bonds. The van der Waals surface area contributed by atoms with Gasteiger partial charge in [-0.2, -0.15) is 0 Å². The molecule has 2 N–H and O–H groups in total. The maximum absolute atomic E-state index is 11.6. The normalized spacial score (nSPS) is 12.2. The van der Waals surface area contributed by atoms with Gasteiger partial charge in [-0.05, 0) is 30.9 Å². The zero-order valence-electron chi connectivity index (χ0n) is 11.7. The highest BCUT2D eigenvalue weighted by Gasteiger charge is 2.11. The maximum atomic E-state index is 11.6. The van der Waals surface area contributed by atoms with Crippen molar-refractivity contribution in [2.45, 2.75) is 32.3 Å². The highest BCUT2D eigenvalue weighted by atomic mass is 16.5. The van der Waals surface area contributed by atoms with Gasteiger partial charge in [-0.25, -0.2) is 0 Å². The summed E-state index contributed by atoms with van der Waals surface area (Å²) in [5, 5.41) is 12.8. The second kappa shape index (κ2) is 8.67. The molecule has 1 aromatic rings. The van der Waals surface area contributed by atoms with Crippen molar-refractivity contribution in [3.63, 3.8) is 0 Å². The lowest BCUT2D eigenvalue weighted by atomic mass is 10.0. The number of benzene rings is 1. The van der Waals surface area contributed by atoms with Crippen LogP contribution < -0.4 is 5.32 Å². The van der Waals surface area contributed by atoms with Crippen LogP contribution in [0.1, 0.15) is 36.5 Å². The zero-order valence-corrected chi connectivity index (χ0v) is 11.7. The van der Waals surface area contributed by atoms with Crippen molar-refractivity contribution in [1.82, 2.24) is 5.32 Å². The highest BCUT2D eigenvalue weighted by Crippen LogP contribution is 2.16. The minimum atomic E-state index is -0.649. The largest absolute Gasteiger partial charge is 0.387 e. The number of hydrogen-bond acceptors (Lipinski definition) is 3. The van der Waals surface area contributed by atoms with Crippen LogP contribution in [0.25, 0.3) is 0 Å². The third kappa shape index (κ3) is 5.85. The first kappa shape index (κ1) is 15.7. The molecule has 0 radical (unpaired) electrons. The Kier molecular flexibility index (Phi) is 7.15. The van der Waals surface area contributed by atoms with E-state index >= 15 is 0 Å². The van der Waals surface area contributed by atoms with Crippen molar-refractivity contribution in [3.8, 4) is 0 Å². The maximum Gasteiger partial charge on any atom is 0.220 e. The van der Waals surface area contributed by atoms with Gasteiger partial charge < -0.3 is 15.2 Å². The summed E-state index contributed by atoms with van der Waals surface area (Å²) in [6.07, 6.45) is 1.51. The Morgan fingerprint density at radius 3 is 2.79 bits per heavy atom. The third-order valence-corrected chi connectivity index (χ3v) is 3.04. The van der Waals surface area contributed by atoms with Gasteiger partial charge in [0.1, 0.15) is 0 Å². The van der Waals surface area contributed by atoms with E-state index in [2.05, 4.69) is 5.32 Å². The summed E-state index contributed by atoms with van der Waals surface area (Å²) < 4.78 is 4.92. The van der Waals surface area contributed by atoms with Gasteiger partial charge in [-0.15, -0.1) is 0 Å². The summed E-state index contributed by atoms with van der Waals surface area (Å²) in [7, 11) is 1.65. The molecule has 1 aromatic carbocycles. The molecular formula is C15H23NO3. The van der Waals surface area contributed by atoms with E-state index in [1.807, 2.05) is 31.2 Å². The van der Waals surface area contributed by atoms with Crippen molar-refractivity contribution in [2.75, 3.05) is 20.3 Å². The molecule has 0 saturated heterocycles. The Hall–Kier alpha value is -1.39. The van der Waals surface area contributed by atoms with Crippen molar-refractivity contribution in [1.29, 1.82) is 0 Å². The Morgan fingerprint density at radius 1 is 1.37 bits per heavy atom. The molecule has 0 heterocycles. The fourth-order valence-corrected chi connectivity index (χ4v) is 1.90. The molecule has 19 heavy (non-hydrogen) atoms. The zero-order chi connectivity index (χ0) is 14.1. The molecule has 106 valence electrons. The smallest absolute Gasteiger partial charge is 0.220 e. The van der Waals surface area contributed by atoms with Crippen LogP contribution in [-0.2, 0) is 9.53 Å². The van der Waals surface area contributed by atoms with Crippen LogP contribution in [0, 0.1) is 6.92 Å². The van der Waals surface area contributed by atoms with E-state index in [-0.39, 0.29) is 12.5 Å². The summed E-state index contributed by atoms with van der Waals surface area (Å²) >= 11 is 0. The second-order valence-electron chi connectivity index (χ2n) is 4.63. The number of ether oxygens (including phenoxy) is 1. The number of aryl methyl sites for hydroxylation is 1. The topological polar surface area (TPSA) is 58.6 Å². The highest BCUT2D eigenvalue weighted by molar-refractivity contribution is 5.75. The number of rotatable bonds is 8. The first-order chi connectivity index (χ1) is 9.15. The third-order valence-electron chi connectivity index (χ3n) is 3.04. The fourth-order valence-electron chi connectivity index (χ4n) is 1.90. The van der Waals surface area contributed by atoms with Gasteiger partial charge in [-0.1, -0.05) is 24.3 Å². The molecule has 0 bridgehead atoms. The molecule has 0 aliphatic carbocycles. The number of amides is 1. The van der Waals surface area contributed by atoms with Gasteiger partial charge in [0.15, 0.2) is 0 Å². The second-order valence-corrected chi connectivity index (χ2v) is 4.63. The Balaban J connectivity index is 2.28. The Labute approximate surface area is 114 Å². The molecule has 0 spiro atoms. The van der Waals surface area contributed by atoms with Gasteiger partial charge in [0.2, 0.25) is 5.91 Å². The monoisotopic (exact) mass is 265 g/mol. The van der Waals surface area contributed by atoms with Gasteiger partial charge >= 0.3 is 0 Å². The summed E-state index contributed by atoms with van der Waals surface area (Å²) in [5.41, 5.74) is 1.89. The summed E-state index contributed by atoms with van der Waals surface area (Å²) in [4.78, 5) is 11.6. The number of nitrogens with one attached hydrogen (secondary N) is 1. The SMILES string of the molecule is COCCCCC(=O)NCC(O)c1ccccc1C. The van der Waals surface area contributed by atoms with Crippen molar-refractivity contribution in [2.24, 2.45) is 0 Å². The number of carbonyl (C=O) groups is 1. The van der Waals surface area contributed by atoms with Crippen LogP contribution in [-0.4, -0.2) is 31.3 Å². The van der Waals surface area contributed by atoms with Crippen LogP contribution in [0.15, 0.2) is 24.3 Å². The van der Waals surface area contributed by atoms with E-state index < -0.39 is 6.10 Å². The minimum absolute atomic E-state index is 0.0243. The molecule has 1 unspecified atom stereocenters. The molecule has 1 atom stereocenters. The number of hydrogen-bond donors (Lipinski definition) is 2. The average Bonchev–Trinajstić information content (AvgIpc) is 2.41. The predicted molar refractivity (Wildman–Crippen MR) is 74.9 cm³/mol. The molecule has 0 aliphatic rings. The lowest BCUT2D eigenvalue weighted by molar-refractivity contribution is -0.121. The molecule has 4 heteroatoms. The van der Waals surface area contributed by atoms with Crippen molar-refractivity contribution >= 4 is 5.91 Å². The summed E-state index contributed by atoms with van der Waals surface area (Å²) in [6.45, 7) is 2.89. The van der Waals surface area contributed by atoms with E-state index in [1.165, 1.54) is 0 Å². The molecule has 1 rings (SSSR count). The van der Waals surface area contributed by atoms with Crippen molar-refractivity contribution < 1.29 is 14.6 Å². The quantitative estimate of drug-likeness (QED) is 0.706. The number of methoxy groups -OCH3 is 1. The van der Waals surface area contributed by atoms with Gasteiger partial charge in [0.25, 0.3) is 0 Å². The van der Waals surface area contributed by atoms with Crippen LogP contribution in [0.5, 0.6) is 0 Å². The van der Waals surface area contributed by atoms with E-state index in [4.69, 9.17) is 4.74 Å². The van der Waals surface area contributed by atoms with Gasteiger partial charge in [-0.3, -0.25) is 4.79 Å². The number of carbonyl (C=O) groups excluding carboxylic acids is 1. The lowest BCUT2D eigenvalue weighted by Crippen LogP contribution is -2.28. The Bertz CT molecular complexity index is 393. The van der Waals surface area contributed by atoms with Crippen LogP contribution in [0.4, 0.5) is 0 Å². The van der Waals surface area contributed by atoms with E-state index in [1.54, 1.807) is 7.11 Å². The van der Waals surface area contributed by atoms with E-state index in [9.17, 15) is 9.90 Å². The molecule has 0 saturated carbocycles. The van der Waals surface area contributed by atoms with Crippen molar-refractivity contribution in [3.05, 3.63) is 35.4 Å². The number of aliphatic hydroxyl groups is 1. The van der Waals surface area contributed by atoms with Crippen LogP contribution >= 0.6 is 0 Å². The minimum Gasteiger partial charge on any atom is -0.387 e. The summed E-state index contributed by atoms with van der Waals surface area (Å²) in [6, 6.07) is 7.65. The van der Waals surface area contributed by atoms with E-state index in [0.29, 0.717) is 13.0 Å². The van der Waals surface area contributed by atoms with Crippen LogP contribution in [0.2, 0.25) is 0 Å². The first-order valence-corrected chi connectivity index (χ1v) is 6.64. The molecule has 0 fully saturated rings. The molecule has 0 aromatic heterocycles. The number of unbranched alkanes of at least 4 members (excludes halogenated alkanes) is 1. The summed E-state index contributed by atoms with van der Waals surface area (Å²) in [5.74, 6) is -0.0243. The fraction of sp³-hybridized carbons (Fsp3) is 0.533. The van der Waals surface area contributed by atoms with Crippen LogP contribution in [0.3, 0.4) is 0 Å². The van der Waals surface area contributed by atoms with Gasteiger partial charge in [0.05, 0.1) is 6.10 Å². The standard InChI is InChI=1S/C15H23NO3/c1-12-7-3-4-8-13(12)14(17)11-16-15(18)9-5-6-10-19-2/h3-4,7-8,14,17H,5-6,9-11H2,1-2H3,(H,16,18). The average molecular weight is 265 g/mol. The number of aliphatic hydroxyl groups excluding tert-OH is 1. The molecule has 0 aliphatic heterocycles. The van der Waals surface area contributed by atoms with E-state index in [0.717, 1.165) is 24.0 Å². The molecular weight excluding hydrogens is 242 g/mol. The Morgan fingerprint density at radius 2 is 2.11 bits per heavy atom. The predicted octanol–water partition coefficient (Wildman–Crippen LogP) is 1.96. The lowest BCUT2D eigenvalue weighted by Gasteiger charge is -2.14. The first-order valence-electron chi connectivity index (χ1n) is 6.64.